The van der Waals surface area contributed by atoms with Crippen LogP contribution in [0.2, 0.25) is 0 Å². The van der Waals surface area contributed by atoms with Crippen molar-refractivity contribution in [2.24, 2.45) is 5.10 Å². The van der Waals surface area contributed by atoms with Crippen molar-refractivity contribution in [1.29, 1.82) is 0 Å². The Hall–Kier alpha value is -2.48. The number of rotatable bonds is 4. The Morgan fingerprint density at radius 1 is 1.35 bits per heavy atom. The van der Waals surface area contributed by atoms with E-state index in [1.807, 2.05) is 0 Å². The monoisotopic (exact) mass is 292 g/mol. The van der Waals surface area contributed by atoms with E-state index in [9.17, 15) is 4.79 Å². The molecule has 0 aliphatic carbocycles. The number of hydrogen-bond donors (Lipinski definition) is 1. The zero-order valence-corrected chi connectivity index (χ0v) is 11.7. The fourth-order valence-corrected chi connectivity index (χ4v) is 1.70. The van der Waals surface area contributed by atoms with Gasteiger partial charge in [0.05, 0.1) is 20.4 Å². The van der Waals surface area contributed by atoms with Gasteiger partial charge >= 0.3 is 0 Å². The number of nitrogens with zero attached hydrogens (tertiary/aromatic N) is 3. The van der Waals surface area contributed by atoms with Crippen molar-refractivity contribution < 1.29 is 9.47 Å². The summed E-state index contributed by atoms with van der Waals surface area (Å²) < 4.78 is 11.5. The highest BCUT2D eigenvalue weighted by atomic mass is 32.1. The van der Waals surface area contributed by atoms with Gasteiger partial charge in [-0.1, -0.05) is 0 Å². The van der Waals surface area contributed by atoms with Crippen molar-refractivity contribution in [3.8, 4) is 11.5 Å². The molecule has 1 aromatic heterocycles. The van der Waals surface area contributed by atoms with E-state index in [4.69, 9.17) is 21.7 Å². The van der Waals surface area contributed by atoms with Crippen molar-refractivity contribution in [3.05, 3.63) is 45.1 Å². The van der Waals surface area contributed by atoms with Crippen LogP contribution in [0.4, 0.5) is 0 Å². The van der Waals surface area contributed by atoms with Gasteiger partial charge in [0.2, 0.25) is 4.77 Å². The van der Waals surface area contributed by atoms with Crippen LogP contribution in [0, 0.1) is 4.77 Å². The molecule has 8 heteroatoms. The summed E-state index contributed by atoms with van der Waals surface area (Å²) in [5.41, 5.74) is 0.325. The highest BCUT2D eigenvalue weighted by Gasteiger charge is 2.03. The minimum Gasteiger partial charge on any atom is -0.493 e. The Kier molecular flexibility index (Phi) is 4.26. The van der Waals surface area contributed by atoms with Crippen LogP contribution in [0.3, 0.4) is 0 Å². The smallest absolute Gasteiger partial charge is 0.293 e. The molecule has 0 aliphatic heterocycles. The molecule has 20 heavy (non-hydrogen) atoms. The van der Waals surface area contributed by atoms with Gasteiger partial charge in [0.15, 0.2) is 11.5 Å². The second-order valence-corrected chi connectivity index (χ2v) is 4.07. The number of aromatic nitrogens is 3. The van der Waals surface area contributed by atoms with Gasteiger partial charge in [0, 0.05) is 0 Å². The fourth-order valence-electron chi connectivity index (χ4n) is 1.51. The van der Waals surface area contributed by atoms with Gasteiger partial charge in [0.1, 0.15) is 6.20 Å². The standard InChI is InChI=1S/C12H12N4O3S/c1-18-9-4-3-8(5-10(9)19-2)6-14-16-11(17)7-13-15-12(16)20/h3-7H,1-2H3,(H,15,20)/b14-6+. The van der Waals surface area contributed by atoms with Crippen LogP contribution in [-0.2, 0) is 0 Å². The lowest BCUT2D eigenvalue weighted by Gasteiger charge is -2.07. The van der Waals surface area contributed by atoms with E-state index in [1.54, 1.807) is 32.4 Å². The molecule has 0 atom stereocenters. The van der Waals surface area contributed by atoms with Gasteiger partial charge in [-0.3, -0.25) is 9.89 Å². The third-order valence-electron chi connectivity index (χ3n) is 2.47. The first-order chi connectivity index (χ1) is 9.65. The number of hydrogen-bond acceptors (Lipinski definition) is 6. The van der Waals surface area contributed by atoms with E-state index >= 15 is 0 Å². The van der Waals surface area contributed by atoms with Crippen LogP contribution in [0.1, 0.15) is 5.56 Å². The maximum Gasteiger partial charge on any atom is 0.293 e. The Morgan fingerprint density at radius 2 is 2.10 bits per heavy atom. The third kappa shape index (κ3) is 2.91. The van der Waals surface area contributed by atoms with Crippen molar-refractivity contribution >= 4 is 18.4 Å². The van der Waals surface area contributed by atoms with Crippen molar-refractivity contribution in [3.63, 3.8) is 0 Å². The van der Waals surface area contributed by atoms with Crippen LogP contribution in [0.5, 0.6) is 11.5 Å². The number of methoxy groups -OCH3 is 2. The summed E-state index contributed by atoms with van der Waals surface area (Å²) in [7, 11) is 3.10. The number of nitrogens with one attached hydrogen (secondary N) is 1. The Labute approximate surface area is 119 Å². The topological polar surface area (TPSA) is 81.5 Å². The van der Waals surface area contributed by atoms with Crippen LogP contribution >= 0.6 is 12.2 Å². The molecule has 1 aromatic carbocycles. The summed E-state index contributed by atoms with van der Waals surface area (Å²) in [6.45, 7) is 0. The molecular weight excluding hydrogens is 280 g/mol. The van der Waals surface area contributed by atoms with Crippen LogP contribution in [0.15, 0.2) is 34.3 Å². The summed E-state index contributed by atoms with van der Waals surface area (Å²) in [4.78, 5) is 11.5. The maximum atomic E-state index is 11.5. The minimum atomic E-state index is -0.412. The molecule has 0 saturated heterocycles. The van der Waals surface area contributed by atoms with Crippen molar-refractivity contribution in [2.75, 3.05) is 14.2 Å². The first-order valence-electron chi connectivity index (χ1n) is 5.59. The molecule has 1 heterocycles. The van der Waals surface area contributed by atoms with Gasteiger partial charge in [-0.15, -0.1) is 0 Å². The molecule has 0 aliphatic rings. The average molecular weight is 292 g/mol. The lowest BCUT2D eigenvalue weighted by Crippen LogP contribution is -2.18. The van der Waals surface area contributed by atoms with E-state index in [2.05, 4.69) is 15.3 Å². The molecule has 2 rings (SSSR count). The zero-order chi connectivity index (χ0) is 14.5. The Morgan fingerprint density at radius 3 is 2.75 bits per heavy atom. The lowest BCUT2D eigenvalue weighted by molar-refractivity contribution is 0.355. The first kappa shape index (κ1) is 13.9. The highest BCUT2D eigenvalue weighted by Crippen LogP contribution is 2.26. The SMILES string of the molecule is COc1ccc(/C=N/n2c(=O)cn[nH]c2=S)cc1OC. The predicted molar refractivity (Wildman–Crippen MR) is 76.2 cm³/mol. The predicted octanol–water partition coefficient (Wildman–Crippen LogP) is 1.20. The molecule has 0 amide bonds. The van der Waals surface area contributed by atoms with E-state index in [0.29, 0.717) is 11.5 Å². The van der Waals surface area contributed by atoms with Gasteiger partial charge in [-0.2, -0.15) is 14.9 Å². The third-order valence-corrected chi connectivity index (χ3v) is 2.73. The van der Waals surface area contributed by atoms with Gasteiger partial charge in [-0.05, 0) is 36.0 Å². The van der Waals surface area contributed by atoms with E-state index in [-0.39, 0.29) is 4.77 Å². The maximum absolute atomic E-state index is 11.5. The molecule has 0 spiro atoms. The van der Waals surface area contributed by atoms with E-state index in [1.165, 1.54) is 6.21 Å². The van der Waals surface area contributed by atoms with E-state index < -0.39 is 5.56 Å². The number of H-pyrrole nitrogens is 1. The van der Waals surface area contributed by atoms with E-state index in [0.717, 1.165) is 16.4 Å². The van der Waals surface area contributed by atoms with Gasteiger partial charge < -0.3 is 9.47 Å². The van der Waals surface area contributed by atoms with Crippen LogP contribution in [-0.4, -0.2) is 35.3 Å². The number of ether oxygens (including phenoxy) is 2. The van der Waals surface area contributed by atoms with Gasteiger partial charge in [0.25, 0.3) is 5.56 Å². The summed E-state index contributed by atoms with van der Waals surface area (Å²) in [5, 5.41) is 10.1. The molecule has 2 aromatic rings. The van der Waals surface area contributed by atoms with Crippen molar-refractivity contribution in [2.45, 2.75) is 0 Å². The van der Waals surface area contributed by atoms with Crippen LogP contribution in [0.25, 0.3) is 0 Å². The summed E-state index contributed by atoms with van der Waals surface area (Å²) in [6.07, 6.45) is 2.59. The quantitative estimate of drug-likeness (QED) is 0.676. The molecular formula is C12H12N4O3S. The number of benzene rings is 1. The number of aromatic amines is 1. The minimum absolute atomic E-state index is 0.120. The molecule has 0 fully saturated rings. The molecule has 0 bridgehead atoms. The lowest BCUT2D eigenvalue weighted by atomic mass is 10.2. The fraction of sp³-hybridized carbons (Fsp3) is 0.167. The molecule has 0 radical (unpaired) electrons. The molecule has 7 nitrogen and oxygen atoms in total. The molecule has 104 valence electrons. The first-order valence-corrected chi connectivity index (χ1v) is 5.99. The molecule has 0 saturated carbocycles. The molecule has 0 unspecified atom stereocenters. The largest absolute Gasteiger partial charge is 0.493 e. The highest BCUT2D eigenvalue weighted by molar-refractivity contribution is 7.71. The Bertz CT molecular complexity index is 723. The second-order valence-electron chi connectivity index (χ2n) is 3.68. The van der Waals surface area contributed by atoms with Crippen molar-refractivity contribution in [1.82, 2.24) is 14.9 Å². The Balaban J connectivity index is 2.37. The average Bonchev–Trinajstić information content (AvgIpc) is 2.46. The molecule has 1 N–H and O–H groups in total. The zero-order valence-electron chi connectivity index (χ0n) is 10.9. The summed E-state index contributed by atoms with van der Waals surface area (Å²) in [6, 6.07) is 5.27. The second kappa shape index (κ2) is 6.11. The summed E-state index contributed by atoms with van der Waals surface area (Å²) in [5.74, 6) is 1.19. The normalized spacial score (nSPS) is 10.7. The van der Waals surface area contributed by atoms with Gasteiger partial charge in [-0.25, -0.2) is 0 Å². The van der Waals surface area contributed by atoms with Crippen LogP contribution < -0.4 is 15.0 Å². The summed E-state index contributed by atoms with van der Waals surface area (Å²) >= 11 is 4.93.